The lowest BCUT2D eigenvalue weighted by atomic mass is 9.79. The van der Waals surface area contributed by atoms with Crippen LogP contribution in [-0.4, -0.2) is 40.1 Å². The molecule has 1 aromatic carbocycles. The molecule has 11 heteroatoms. The van der Waals surface area contributed by atoms with Gasteiger partial charge >= 0.3 is 11.9 Å². The topological polar surface area (TPSA) is 93.9 Å². The second kappa shape index (κ2) is 7.92. The summed E-state index contributed by atoms with van der Waals surface area (Å²) in [5.74, 6) is -1.04. The number of nitrogens with one attached hydrogen (secondary N) is 3. The zero-order chi connectivity index (χ0) is 22.3. The van der Waals surface area contributed by atoms with Gasteiger partial charge in [-0.15, -0.1) is 0 Å². The third kappa shape index (κ3) is 4.39. The molecule has 0 saturated heterocycles. The highest BCUT2D eigenvalue weighted by atomic mass is 35.5. The van der Waals surface area contributed by atoms with Crippen LogP contribution in [-0.2, 0) is 6.54 Å². The number of hydrogen-bond donors (Lipinski definition) is 3. The average Bonchev–Trinajstić information content (AvgIpc) is 3.05. The Bertz CT molecular complexity index is 1170. The Morgan fingerprint density at radius 1 is 1.29 bits per heavy atom. The van der Waals surface area contributed by atoms with Gasteiger partial charge in [-0.2, -0.15) is 13.2 Å². The predicted molar refractivity (Wildman–Crippen MR) is 110 cm³/mol. The minimum absolute atomic E-state index is 0.0683. The molecule has 31 heavy (non-hydrogen) atoms. The maximum absolute atomic E-state index is 12.7. The number of nitrogens with zero attached hydrogens (tertiary/aromatic N) is 2. The SMILES string of the molecule is CN(c1ccc(CNC(=O)c2cc(Cl)c3[nH]c(=O)[nH]c3c2)cn1)[C@H]1C[C@@H](C(F)(F)F)C1. The highest BCUT2D eigenvalue weighted by Gasteiger charge is 2.49. The molecule has 1 saturated carbocycles. The van der Waals surface area contributed by atoms with E-state index in [1.54, 1.807) is 30.3 Å². The predicted octanol–water partition coefficient (Wildman–Crippen LogP) is 3.61. The Morgan fingerprint density at radius 3 is 2.68 bits per heavy atom. The molecule has 3 aromatic rings. The number of carbonyl (C=O) groups excluding carboxylic acids is 1. The van der Waals surface area contributed by atoms with E-state index in [0.29, 0.717) is 22.4 Å². The van der Waals surface area contributed by atoms with E-state index in [0.717, 1.165) is 5.56 Å². The fourth-order valence-corrected chi connectivity index (χ4v) is 3.87. The normalized spacial score (nSPS) is 18.6. The first-order valence-corrected chi connectivity index (χ1v) is 9.94. The van der Waals surface area contributed by atoms with Gasteiger partial charge < -0.3 is 20.2 Å². The minimum atomic E-state index is -4.14. The van der Waals surface area contributed by atoms with Gasteiger partial charge in [0.15, 0.2) is 0 Å². The van der Waals surface area contributed by atoms with Crippen LogP contribution in [0.25, 0.3) is 11.0 Å². The third-order valence-corrected chi connectivity index (χ3v) is 5.88. The van der Waals surface area contributed by atoms with Crippen molar-refractivity contribution in [1.29, 1.82) is 0 Å². The molecule has 0 spiro atoms. The molecule has 0 radical (unpaired) electrons. The Labute approximate surface area is 179 Å². The second-order valence-electron chi connectivity index (χ2n) is 7.64. The molecule has 4 rings (SSSR count). The van der Waals surface area contributed by atoms with E-state index in [4.69, 9.17) is 11.6 Å². The van der Waals surface area contributed by atoms with Gasteiger partial charge in [0.2, 0.25) is 0 Å². The number of fused-ring (bicyclic) bond motifs is 1. The number of benzene rings is 1. The molecule has 3 N–H and O–H groups in total. The second-order valence-corrected chi connectivity index (χ2v) is 8.05. The number of aromatic amines is 2. The summed E-state index contributed by atoms with van der Waals surface area (Å²) in [6.07, 6.45) is -2.43. The number of H-pyrrole nitrogens is 2. The maximum Gasteiger partial charge on any atom is 0.391 e. The standard InChI is InChI=1S/C20H19ClF3N5O2/c1-29(13-6-12(7-13)20(22,23)24)16-3-2-10(8-25-16)9-26-18(30)11-4-14(21)17-15(5-11)27-19(31)28-17/h2-5,8,12-13H,6-7,9H2,1H3,(H,26,30)(H2,27,28,31)/t12-,13+. The molecule has 7 nitrogen and oxygen atoms in total. The van der Waals surface area contributed by atoms with Gasteiger partial charge in [-0.1, -0.05) is 17.7 Å². The Hall–Kier alpha value is -3.01. The Balaban J connectivity index is 1.35. The fraction of sp³-hybridized carbons (Fsp3) is 0.350. The number of aromatic nitrogens is 3. The molecule has 1 aliphatic carbocycles. The van der Waals surface area contributed by atoms with E-state index >= 15 is 0 Å². The lowest BCUT2D eigenvalue weighted by Crippen LogP contribution is -2.48. The van der Waals surface area contributed by atoms with Crippen LogP contribution in [0.5, 0.6) is 0 Å². The summed E-state index contributed by atoms with van der Waals surface area (Å²) in [5.41, 5.74) is 1.47. The van der Waals surface area contributed by atoms with E-state index < -0.39 is 17.8 Å². The summed E-state index contributed by atoms with van der Waals surface area (Å²) in [5, 5.41) is 3.00. The number of halogens is 4. The molecule has 2 aromatic heterocycles. The number of alkyl halides is 3. The van der Waals surface area contributed by atoms with E-state index in [9.17, 15) is 22.8 Å². The zero-order valence-corrected chi connectivity index (χ0v) is 17.1. The molecule has 1 aliphatic rings. The van der Waals surface area contributed by atoms with Crippen molar-refractivity contribution in [2.75, 3.05) is 11.9 Å². The van der Waals surface area contributed by atoms with Crippen LogP contribution < -0.4 is 15.9 Å². The number of pyridine rings is 1. The number of carbonyl (C=O) groups is 1. The van der Waals surface area contributed by atoms with Crippen LogP contribution in [0.4, 0.5) is 19.0 Å². The maximum atomic E-state index is 12.7. The van der Waals surface area contributed by atoms with Crippen molar-refractivity contribution in [1.82, 2.24) is 20.3 Å². The first-order chi connectivity index (χ1) is 14.6. The third-order valence-electron chi connectivity index (χ3n) is 5.59. The van der Waals surface area contributed by atoms with Gasteiger partial charge in [0, 0.05) is 31.4 Å². The van der Waals surface area contributed by atoms with E-state index in [2.05, 4.69) is 20.3 Å². The molecule has 1 amide bonds. The number of rotatable bonds is 5. The van der Waals surface area contributed by atoms with Crippen LogP contribution in [0.3, 0.4) is 0 Å². The molecular weight excluding hydrogens is 435 g/mol. The first-order valence-electron chi connectivity index (χ1n) is 9.56. The van der Waals surface area contributed by atoms with Crippen molar-refractivity contribution in [3.8, 4) is 0 Å². The van der Waals surface area contributed by atoms with Crippen molar-refractivity contribution in [3.63, 3.8) is 0 Å². The van der Waals surface area contributed by atoms with E-state index in [1.807, 2.05) is 0 Å². The number of anilines is 1. The van der Waals surface area contributed by atoms with Crippen LogP contribution in [0, 0.1) is 5.92 Å². The number of imidazole rings is 1. The van der Waals surface area contributed by atoms with Crippen LogP contribution in [0.2, 0.25) is 5.02 Å². The van der Waals surface area contributed by atoms with Crippen LogP contribution >= 0.6 is 11.6 Å². The van der Waals surface area contributed by atoms with Crippen molar-refractivity contribution in [2.45, 2.75) is 31.6 Å². The highest BCUT2D eigenvalue weighted by molar-refractivity contribution is 6.35. The highest BCUT2D eigenvalue weighted by Crippen LogP contribution is 2.43. The van der Waals surface area contributed by atoms with Gasteiger partial charge in [0.25, 0.3) is 5.91 Å². The summed E-state index contributed by atoms with van der Waals surface area (Å²) in [6, 6.07) is 6.28. The van der Waals surface area contributed by atoms with E-state index in [-0.39, 0.29) is 36.4 Å². The van der Waals surface area contributed by atoms with Crippen molar-refractivity contribution in [2.24, 2.45) is 5.92 Å². The average molecular weight is 454 g/mol. The lowest BCUT2D eigenvalue weighted by molar-refractivity contribution is -0.196. The van der Waals surface area contributed by atoms with Crippen LogP contribution in [0.15, 0.2) is 35.3 Å². The summed E-state index contributed by atoms with van der Waals surface area (Å²) in [4.78, 5) is 35.0. The Kier molecular flexibility index (Phi) is 5.42. The smallest absolute Gasteiger partial charge is 0.357 e. The van der Waals surface area contributed by atoms with Crippen molar-refractivity contribution < 1.29 is 18.0 Å². The number of hydrogen-bond acceptors (Lipinski definition) is 4. The summed E-state index contributed by atoms with van der Waals surface area (Å²) in [6.45, 7) is 0.203. The molecule has 1 fully saturated rings. The zero-order valence-electron chi connectivity index (χ0n) is 16.4. The van der Waals surface area contributed by atoms with Gasteiger partial charge in [0.05, 0.1) is 22.0 Å². The molecule has 164 valence electrons. The summed E-state index contributed by atoms with van der Waals surface area (Å²) in [7, 11) is 1.73. The van der Waals surface area contributed by atoms with Gasteiger partial charge in [-0.25, -0.2) is 9.78 Å². The van der Waals surface area contributed by atoms with Crippen LogP contribution in [0.1, 0.15) is 28.8 Å². The molecule has 0 atom stereocenters. The first kappa shape index (κ1) is 21.2. The molecule has 0 bridgehead atoms. The lowest BCUT2D eigenvalue weighted by Gasteiger charge is -2.42. The molecule has 0 unspecified atom stereocenters. The minimum Gasteiger partial charge on any atom is -0.357 e. The molecule has 2 heterocycles. The fourth-order valence-electron chi connectivity index (χ4n) is 3.60. The largest absolute Gasteiger partial charge is 0.391 e. The van der Waals surface area contributed by atoms with Gasteiger partial charge in [-0.05, 0) is 36.6 Å². The Morgan fingerprint density at radius 2 is 2.03 bits per heavy atom. The van der Waals surface area contributed by atoms with Gasteiger partial charge in [0.1, 0.15) is 5.82 Å². The molecule has 0 aliphatic heterocycles. The number of amides is 1. The monoisotopic (exact) mass is 453 g/mol. The quantitative estimate of drug-likeness (QED) is 0.550. The summed E-state index contributed by atoms with van der Waals surface area (Å²) < 4.78 is 38.0. The summed E-state index contributed by atoms with van der Waals surface area (Å²) >= 11 is 6.11. The van der Waals surface area contributed by atoms with Crippen molar-refractivity contribution >= 4 is 34.4 Å². The van der Waals surface area contributed by atoms with E-state index in [1.165, 1.54) is 12.1 Å². The molecular formula is C20H19ClF3N5O2. The van der Waals surface area contributed by atoms with Crippen molar-refractivity contribution in [3.05, 3.63) is 57.1 Å². The van der Waals surface area contributed by atoms with Gasteiger partial charge in [-0.3, -0.25) is 4.79 Å².